The number of methoxy groups -OCH3 is 2. The highest BCUT2D eigenvalue weighted by atomic mass is 16.6. The Morgan fingerprint density at radius 2 is 1.52 bits per heavy atom. The lowest BCUT2D eigenvalue weighted by molar-refractivity contribution is -0.146. The molecule has 1 fully saturated rings. The van der Waals surface area contributed by atoms with Crippen molar-refractivity contribution in [2.75, 3.05) is 20.8 Å². The van der Waals surface area contributed by atoms with E-state index in [-0.39, 0.29) is 24.9 Å². The average molecular weight is 629 g/mol. The fourth-order valence-electron chi connectivity index (χ4n) is 5.55. The molecule has 7 nitrogen and oxygen atoms in total. The van der Waals surface area contributed by atoms with Crippen molar-refractivity contribution in [3.05, 3.63) is 119 Å². The minimum absolute atomic E-state index is 0.0358. The summed E-state index contributed by atoms with van der Waals surface area (Å²) in [6.07, 6.45) is 14.5. The molecule has 46 heavy (non-hydrogen) atoms. The Balaban J connectivity index is 1.47. The number of esters is 1. The highest BCUT2D eigenvalue weighted by Gasteiger charge is 2.24. The number of carbonyl (C=O) groups excluding carboxylic acids is 1. The van der Waals surface area contributed by atoms with E-state index in [1.165, 1.54) is 11.6 Å². The van der Waals surface area contributed by atoms with Gasteiger partial charge in [-0.15, -0.1) is 0 Å². The van der Waals surface area contributed by atoms with Crippen LogP contribution in [-0.4, -0.2) is 51.2 Å². The number of fused-ring (bicyclic) bond motifs is 2. The molecule has 4 atom stereocenters. The maximum absolute atomic E-state index is 12.9. The predicted molar refractivity (Wildman–Crippen MR) is 181 cm³/mol. The minimum atomic E-state index is -0.447. The zero-order valence-corrected chi connectivity index (χ0v) is 27.6. The summed E-state index contributed by atoms with van der Waals surface area (Å²) in [4.78, 5) is 12.9. The summed E-state index contributed by atoms with van der Waals surface area (Å²) in [6.45, 7) is 9.53. The van der Waals surface area contributed by atoms with E-state index in [2.05, 4.69) is 24.8 Å². The van der Waals surface area contributed by atoms with Crippen molar-refractivity contribution in [3.63, 3.8) is 0 Å². The van der Waals surface area contributed by atoms with Gasteiger partial charge in [0.05, 0.1) is 52.4 Å². The lowest BCUT2D eigenvalue weighted by Crippen LogP contribution is -2.28. The average Bonchev–Trinajstić information content (AvgIpc) is 3.03. The van der Waals surface area contributed by atoms with Crippen molar-refractivity contribution >= 4 is 5.97 Å². The Kier molecular flexibility index (Phi) is 13.9. The fraction of sp³-hybridized carbons (Fsp3) is 0.410. The van der Waals surface area contributed by atoms with Crippen molar-refractivity contribution in [3.8, 4) is 11.5 Å². The number of carbonyl (C=O) groups is 1. The molecule has 2 unspecified atom stereocenters. The third-order valence-corrected chi connectivity index (χ3v) is 7.92. The first-order valence-electron chi connectivity index (χ1n) is 15.9. The third kappa shape index (κ3) is 12.1. The van der Waals surface area contributed by atoms with Gasteiger partial charge in [0.25, 0.3) is 0 Å². The van der Waals surface area contributed by atoms with Gasteiger partial charge in [-0.2, -0.15) is 0 Å². The Hall–Kier alpha value is -3.91. The molecule has 0 N–H and O–H groups in total. The number of allylic oxidation sites excluding steroid dienone is 2. The molecule has 0 amide bonds. The molecule has 2 heterocycles. The van der Waals surface area contributed by atoms with Crippen molar-refractivity contribution < 1.29 is 33.2 Å². The van der Waals surface area contributed by atoms with Crippen LogP contribution in [-0.2, 0) is 37.0 Å². The van der Waals surface area contributed by atoms with Crippen LogP contribution in [0.2, 0.25) is 0 Å². The van der Waals surface area contributed by atoms with E-state index in [1.54, 1.807) is 20.3 Å². The van der Waals surface area contributed by atoms with Crippen LogP contribution in [0.4, 0.5) is 0 Å². The first-order chi connectivity index (χ1) is 22.3. The maximum atomic E-state index is 12.9. The molecule has 0 aromatic heterocycles. The molecule has 2 aromatic carbocycles. The second kappa shape index (κ2) is 18.3. The van der Waals surface area contributed by atoms with Crippen LogP contribution >= 0.6 is 0 Å². The molecular weight excluding hydrogens is 580 g/mol. The SMILES string of the molecule is C=C1C[C@H]2C/C=C/C(OCc3ccc(OC)cc3)C/C(C)=C\C=C\C(=O)OC(COCc3ccc(OC)cc3)C/C(C)=C/[C@@H](C1)O2. The predicted octanol–water partition coefficient (Wildman–Crippen LogP) is 8.01. The quantitative estimate of drug-likeness (QED) is 0.206. The van der Waals surface area contributed by atoms with Crippen LogP contribution in [0.15, 0.2) is 108 Å². The van der Waals surface area contributed by atoms with Crippen LogP contribution in [0.5, 0.6) is 11.5 Å². The van der Waals surface area contributed by atoms with E-state index in [1.807, 2.05) is 68.5 Å². The van der Waals surface area contributed by atoms with Crippen LogP contribution in [0.3, 0.4) is 0 Å². The van der Waals surface area contributed by atoms with Gasteiger partial charge >= 0.3 is 5.97 Å². The van der Waals surface area contributed by atoms with Crippen LogP contribution in [0.1, 0.15) is 57.1 Å². The molecule has 7 heteroatoms. The minimum Gasteiger partial charge on any atom is -0.497 e. The summed E-state index contributed by atoms with van der Waals surface area (Å²) >= 11 is 0. The summed E-state index contributed by atoms with van der Waals surface area (Å²) in [5.41, 5.74) is 5.41. The van der Waals surface area contributed by atoms with Crippen LogP contribution in [0, 0.1) is 0 Å². The van der Waals surface area contributed by atoms with Gasteiger partial charge in [-0.25, -0.2) is 4.79 Å². The normalized spacial score (nSPS) is 26.7. The number of ether oxygens (including phenoxy) is 6. The molecular formula is C39H48O7. The molecule has 2 aliphatic heterocycles. The highest BCUT2D eigenvalue weighted by molar-refractivity contribution is 5.82. The Bertz CT molecular complexity index is 1380. The fourth-order valence-corrected chi connectivity index (χ4v) is 5.55. The summed E-state index contributed by atoms with van der Waals surface area (Å²) in [7, 11) is 3.30. The van der Waals surface area contributed by atoms with Gasteiger partial charge in [-0.3, -0.25) is 0 Å². The molecule has 2 bridgehead atoms. The molecule has 0 saturated carbocycles. The number of hydrogen-bond acceptors (Lipinski definition) is 7. The van der Waals surface area contributed by atoms with Crippen molar-refractivity contribution in [1.82, 2.24) is 0 Å². The van der Waals surface area contributed by atoms with Gasteiger partial charge in [0.1, 0.15) is 17.6 Å². The lowest BCUT2D eigenvalue weighted by Gasteiger charge is -2.30. The topological polar surface area (TPSA) is 72.5 Å². The Morgan fingerprint density at radius 1 is 0.848 bits per heavy atom. The first-order valence-corrected chi connectivity index (χ1v) is 15.9. The molecule has 4 rings (SSSR count). The number of benzene rings is 2. The van der Waals surface area contributed by atoms with E-state index in [9.17, 15) is 4.79 Å². The highest BCUT2D eigenvalue weighted by Crippen LogP contribution is 2.28. The second-order valence-electron chi connectivity index (χ2n) is 12.0. The van der Waals surface area contributed by atoms with Crippen LogP contribution < -0.4 is 9.47 Å². The zero-order chi connectivity index (χ0) is 32.7. The maximum Gasteiger partial charge on any atom is 0.331 e. The first kappa shape index (κ1) is 35.0. The number of cyclic esters (lactones) is 1. The molecule has 0 radical (unpaired) electrons. The van der Waals surface area contributed by atoms with Crippen molar-refractivity contribution in [1.29, 1.82) is 0 Å². The van der Waals surface area contributed by atoms with E-state index in [0.717, 1.165) is 53.0 Å². The third-order valence-electron chi connectivity index (χ3n) is 7.92. The standard InChI is InChI=1S/C39H48O7/c1-28-8-6-11-39(40)46-38(27-43-25-31-12-16-33(41-4)17-13-31)24-30(3)23-37-22-29(2)21-36(45-37)10-7-9-35(20-28)44-26-32-14-18-34(42-5)19-15-32/h6-9,11-19,23,35-38H,2,10,20-22,24-27H2,1,3-5H3/b9-7+,11-6+,28-8-,30-23+/t35?,36-,37-,38?/m1/s1. The summed E-state index contributed by atoms with van der Waals surface area (Å²) in [5, 5.41) is 0. The Labute approximate surface area is 274 Å². The van der Waals surface area contributed by atoms with Gasteiger partial charge in [0.15, 0.2) is 0 Å². The van der Waals surface area contributed by atoms with Crippen LogP contribution in [0.25, 0.3) is 0 Å². The number of hydrogen-bond donors (Lipinski definition) is 0. The smallest absolute Gasteiger partial charge is 0.331 e. The summed E-state index contributed by atoms with van der Waals surface area (Å²) < 4.78 is 35.2. The molecule has 0 spiro atoms. The molecule has 2 aliphatic rings. The molecule has 246 valence electrons. The lowest BCUT2D eigenvalue weighted by atomic mass is 9.95. The van der Waals surface area contributed by atoms with Gasteiger partial charge in [0, 0.05) is 12.5 Å². The van der Waals surface area contributed by atoms with E-state index < -0.39 is 12.1 Å². The molecule has 0 aliphatic carbocycles. The summed E-state index contributed by atoms with van der Waals surface area (Å²) in [5.74, 6) is 1.19. The molecule has 2 aromatic rings. The van der Waals surface area contributed by atoms with Gasteiger partial charge in [-0.05, 0) is 74.9 Å². The van der Waals surface area contributed by atoms with E-state index in [4.69, 9.17) is 28.4 Å². The summed E-state index contributed by atoms with van der Waals surface area (Å²) in [6, 6.07) is 15.6. The Morgan fingerprint density at radius 3 is 2.20 bits per heavy atom. The largest absolute Gasteiger partial charge is 0.497 e. The van der Waals surface area contributed by atoms with Gasteiger partial charge in [-0.1, -0.05) is 77.9 Å². The van der Waals surface area contributed by atoms with Gasteiger partial charge in [0.2, 0.25) is 0 Å². The molecule has 1 saturated heterocycles. The van der Waals surface area contributed by atoms with Gasteiger partial charge < -0.3 is 28.4 Å². The zero-order valence-electron chi connectivity index (χ0n) is 27.6. The van der Waals surface area contributed by atoms with Crippen molar-refractivity contribution in [2.24, 2.45) is 0 Å². The monoisotopic (exact) mass is 628 g/mol. The number of rotatable bonds is 9. The van der Waals surface area contributed by atoms with Crippen molar-refractivity contribution in [2.45, 2.75) is 83.6 Å². The van der Waals surface area contributed by atoms with E-state index in [0.29, 0.717) is 26.1 Å². The second-order valence-corrected chi connectivity index (χ2v) is 12.0. The van der Waals surface area contributed by atoms with E-state index >= 15 is 0 Å².